The highest BCUT2D eigenvalue weighted by Gasteiger charge is 2.53. The minimum Gasteiger partial charge on any atom is -0.455 e. The highest BCUT2D eigenvalue weighted by atomic mass is 16.3. The molecule has 266 valence electrons. The molecular weight excluding hydrogens is 691 g/mol. The van der Waals surface area contributed by atoms with Gasteiger partial charge in [-0.1, -0.05) is 170 Å². The molecule has 0 radical (unpaired) electrons. The zero-order chi connectivity index (χ0) is 37.2. The highest BCUT2D eigenvalue weighted by molar-refractivity contribution is 6.13. The van der Waals surface area contributed by atoms with Crippen LogP contribution in [0.4, 0.5) is 0 Å². The molecule has 0 N–H and O–H groups in total. The predicted molar refractivity (Wildman–Crippen MR) is 234 cm³/mol. The van der Waals surface area contributed by atoms with Gasteiger partial charge in [-0.2, -0.15) is 0 Å². The molecule has 0 bridgehead atoms. The zero-order valence-corrected chi connectivity index (χ0v) is 31.1. The van der Waals surface area contributed by atoms with Gasteiger partial charge < -0.3 is 8.98 Å². The average molecular weight is 726 g/mol. The van der Waals surface area contributed by atoms with Crippen molar-refractivity contribution in [2.45, 2.75) is 17.8 Å². The van der Waals surface area contributed by atoms with E-state index >= 15 is 0 Å². The van der Waals surface area contributed by atoms with E-state index in [2.05, 4.69) is 199 Å². The van der Waals surface area contributed by atoms with Gasteiger partial charge in [-0.15, -0.1) is 0 Å². The summed E-state index contributed by atoms with van der Waals surface area (Å²) >= 11 is 0. The van der Waals surface area contributed by atoms with Gasteiger partial charge in [0.15, 0.2) is 0 Å². The largest absolute Gasteiger partial charge is 0.455 e. The molecule has 0 saturated heterocycles. The van der Waals surface area contributed by atoms with E-state index in [0.717, 1.165) is 28.4 Å². The summed E-state index contributed by atoms with van der Waals surface area (Å²) in [7, 11) is 0. The van der Waals surface area contributed by atoms with E-state index in [1.165, 1.54) is 88.4 Å². The lowest BCUT2D eigenvalue weighted by Gasteiger charge is -2.30. The summed E-state index contributed by atoms with van der Waals surface area (Å²) in [5.74, 6) is 0.310. The van der Waals surface area contributed by atoms with Crippen molar-refractivity contribution in [3.63, 3.8) is 0 Å². The van der Waals surface area contributed by atoms with Crippen molar-refractivity contribution in [3.8, 4) is 39.1 Å². The van der Waals surface area contributed by atoms with Gasteiger partial charge in [-0.3, -0.25) is 0 Å². The van der Waals surface area contributed by atoms with Crippen molar-refractivity contribution in [1.29, 1.82) is 0 Å². The molecule has 1 spiro atoms. The first-order valence-corrected chi connectivity index (χ1v) is 20.0. The Balaban J connectivity index is 1.13. The molecule has 0 aliphatic heterocycles. The van der Waals surface area contributed by atoms with E-state index in [1.807, 2.05) is 0 Å². The van der Waals surface area contributed by atoms with Crippen LogP contribution in [0.3, 0.4) is 0 Å². The number of nitrogens with zero attached hydrogens (tertiary/aromatic N) is 1. The molecule has 0 fully saturated rings. The Labute approximate surface area is 329 Å². The van der Waals surface area contributed by atoms with Gasteiger partial charge in [0, 0.05) is 43.8 Å². The number of hydrogen-bond acceptors (Lipinski definition) is 1. The van der Waals surface area contributed by atoms with Crippen molar-refractivity contribution in [2.75, 3.05) is 0 Å². The monoisotopic (exact) mass is 725 g/mol. The molecule has 2 nitrogen and oxygen atoms in total. The molecule has 3 aliphatic rings. The summed E-state index contributed by atoms with van der Waals surface area (Å²) in [6, 6.07) is 67.2. The third-order valence-electron chi connectivity index (χ3n) is 13.2. The van der Waals surface area contributed by atoms with Crippen molar-refractivity contribution in [1.82, 2.24) is 4.57 Å². The lowest BCUT2D eigenvalue weighted by atomic mass is 9.70. The number of para-hydroxylation sites is 1. The summed E-state index contributed by atoms with van der Waals surface area (Å²) < 4.78 is 9.36. The number of fused-ring (bicyclic) bond motifs is 17. The van der Waals surface area contributed by atoms with E-state index in [1.54, 1.807) is 0 Å². The van der Waals surface area contributed by atoms with Crippen LogP contribution in [0.5, 0.6) is 0 Å². The van der Waals surface area contributed by atoms with Gasteiger partial charge in [0.2, 0.25) is 0 Å². The first-order chi connectivity index (χ1) is 28.3. The van der Waals surface area contributed by atoms with Gasteiger partial charge in [-0.05, 0) is 80.8 Å². The van der Waals surface area contributed by atoms with E-state index < -0.39 is 5.41 Å². The van der Waals surface area contributed by atoms with Gasteiger partial charge in [-0.25, -0.2) is 0 Å². The van der Waals surface area contributed by atoms with Crippen LogP contribution in [-0.2, 0) is 5.41 Å². The average Bonchev–Trinajstić information content (AvgIpc) is 4.00. The minimum atomic E-state index is -0.501. The molecule has 2 atom stereocenters. The first-order valence-electron chi connectivity index (χ1n) is 20.0. The Morgan fingerprint density at radius 2 is 1.19 bits per heavy atom. The van der Waals surface area contributed by atoms with E-state index in [9.17, 15) is 0 Å². The second-order valence-electron chi connectivity index (χ2n) is 15.9. The number of furan rings is 1. The topological polar surface area (TPSA) is 18.1 Å². The quantitative estimate of drug-likeness (QED) is 0.177. The SMILES string of the molecule is C1=c2c(n(-c3cccc4c3-c3ccccc3C43c4ccccc4-c4c3ccc3c4oc4ccccc43)c3ccc(-c4ccccc4)cc23)=CCC1c1ccccc1. The van der Waals surface area contributed by atoms with Crippen LogP contribution in [0.15, 0.2) is 186 Å². The zero-order valence-electron chi connectivity index (χ0n) is 31.1. The third kappa shape index (κ3) is 4.04. The van der Waals surface area contributed by atoms with E-state index in [4.69, 9.17) is 4.42 Å². The summed E-state index contributed by atoms with van der Waals surface area (Å²) in [5.41, 5.74) is 17.9. The highest BCUT2D eigenvalue weighted by Crippen LogP contribution is 2.64. The smallest absolute Gasteiger partial charge is 0.143 e. The van der Waals surface area contributed by atoms with Crippen LogP contribution in [0.1, 0.15) is 40.2 Å². The van der Waals surface area contributed by atoms with Crippen molar-refractivity contribution in [2.24, 2.45) is 0 Å². The Morgan fingerprint density at radius 1 is 0.509 bits per heavy atom. The molecular formula is C55H35NO. The number of hydrogen-bond donors (Lipinski definition) is 0. The van der Waals surface area contributed by atoms with Crippen LogP contribution >= 0.6 is 0 Å². The van der Waals surface area contributed by atoms with Crippen LogP contribution in [0.2, 0.25) is 0 Å². The maximum atomic E-state index is 6.79. The molecule has 0 amide bonds. The van der Waals surface area contributed by atoms with Crippen LogP contribution in [0, 0.1) is 0 Å². The number of aromatic nitrogens is 1. The molecule has 3 aliphatic carbocycles. The Hall–Kier alpha value is -7.16. The van der Waals surface area contributed by atoms with Crippen LogP contribution in [0.25, 0.3) is 84.1 Å². The Bertz CT molecular complexity index is 3440. The van der Waals surface area contributed by atoms with Crippen LogP contribution < -0.4 is 10.6 Å². The lowest BCUT2D eigenvalue weighted by molar-refractivity contribution is 0.669. The number of benzene rings is 8. The Kier molecular flexibility index (Phi) is 6.24. The van der Waals surface area contributed by atoms with Crippen molar-refractivity contribution in [3.05, 3.63) is 220 Å². The minimum absolute atomic E-state index is 0.310. The van der Waals surface area contributed by atoms with Crippen molar-refractivity contribution < 1.29 is 4.42 Å². The predicted octanol–water partition coefficient (Wildman–Crippen LogP) is 12.3. The molecule has 10 aromatic rings. The van der Waals surface area contributed by atoms with Crippen LogP contribution in [-0.4, -0.2) is 4.57 Å². The standard InChI is InChI=1S/C55H35NO/c1-3-14-34(15-4-1)36-26-30-48-42(32-36)43-33-37(35-16-5-2-6-17-35)27-31-49(43)56(48)50-24-13-23-46-52(50)40-19-7-10-21-44(40)55(46)45-22-11-8-20-41(45)53-47(55)29-28-39-38-18-9-12-25-51(38)57-54(39)53/h1-26,28-33,37H,27H2. The van der Waals surface area contributed by atoms with Gasteiger partial charge in [0.05, 0.1) is 16.6 Å². The van der Waals surface area contributed by atoms with Gasteiger partial charge in [0.1, 0.15) is 11.2 Å². The summed E-state index contributed by atoms with van der Waals surface area (Å²) in [4.78, 5) is 0. The maximum absolute atomic E-state index is 6.79. The molecule has 2 unspecified atom stereocenters. The fraction of sp³-hybridized carbons (Fsp3) is 0.0545. The van der Waals surface area contributed by atoms with Gasteiger partial charge in [0.25, 0.3) is 0 Å². The molecule has 2 heteroatoms. The van der Waals surface area contributed by atoms with E-state index in [-0.39, 0.29) is 0 Å². The third-order valence-corrected chi connectivity index (χ3v) is 13.2. The van der Waals surface area contributed by atoms with E-state index in [0.29, 0.717) is 5.92 Å². The fourth-order valence-electron chi connectivity index (χ4n) is 10.8. The second kappa shape index (κ2) is 11.4. The fourth-order valence-corrected chi connectivity index (χ4v) is 10.8. The molecule has 8 aromatic carbocycles. The van der Waals surface area contributed by atoms with Gasteiger partial charge >= 0.3 is 0 Å². The first kappa shape index (κ1) is 31.1. The lowest BCUT2D eigenvalue weighted by Crippen LogP contribution is -2.32. The molecule has 2 heterocycles. The van der Waals surface area contributed by atoms with Crippen molar-refractivity contribution >= 4 is 45.0 Å². The normalized spacial score (nSPS) is 17.2. The summed E-state index contributed by atoms with van der Waals surface area (Å²) in [5, 5.41) is 6.18. The number of rotatable bonds is 3. The molecule has 2 aromatic heterocycles. The second-order valence-corrected chi connectivity index (χ2v) is 15.9. The molecule has 57 heavy (non-hydrogen) atoms. The summed E-state index contributed by atoms with van der Waals surface area (Å²) in [6.45, 7) is 0. The maximum Gasteiger partial charge on any atom is 0.143 e. The molecule has 0 saturated carbocycles. The Morgan fingerprint density at radius 3 is 2.02 bits per heavy atom. The molecule has 13 rings (SSSR count). The summed E-state index contributed by atoms with van der Waals surface area (Å²) in [6.07, 6.45) is 5.96.